The van der Waals surface area contributed by atoms with Crippen LogP contribution >= 0.6 is 0 Å². The summed E-state index contributed by atoms with van der Waals surface area (Å²) < 4.78 is 17.7. The van der Waals surface area contributed by atoms with Gasteiger partial charge in [-0.05, 0) is 38.1 Å². The largest absolute Gasteiger partial charge is 0.491 e. The molecule has 0 aromatic heterocycles. The maximum Gasteiger partial charge on any atom is 0.123 e. The Bertz CT molecular complexity index is 261. The highest BCUT2D eigenvalue weighted by molar-refractivity contribution is 5.22. The fourth-order valence-corrected chi connectivity index (χ4v) is 0.791. The first kappa shape index (κ1) is 9.99. The van der Waals surface area contributed by atoms with Crippen molar-refractivity contribution in [1.29, 1.82) is 0 Å². The summed E-state index contributed by atoms with van der Waals surface area (Å²) in [4.78, 5) is 0. The molecule has 0 aliphatic heterocycles. The fraction of sp³-hybridized carbons (Fsp3) is 0.400. The minimum absolute atomic E-state index is 0.193. The Hall–Kier alpha value is -1.09. The van der Waals surface area contributed by atoms with Crippen molar-refractivity contribution in [3.05, 3.63) is 30.1 Å². The molecule has 0 aliphatic rings. The molecule has 13 heavy (non-hydrogen) atoms. The number of hydrogen-bond acceptors (Lipinski definition) is 2. The van der Waals surface area contributed by atoms with Crippen molar-refractivity contribution in [2.75, 3.05) is 6.61 Å². The van der Waals surface area contributed by atoms with Crippen molar-refractivity contribution in [2.24, 2.45) is 0 Å². The van der Waals surface area contributed by atoms with Gasteiger partial charge < -0.3 is 9.84 Å². The summed E-state index contributed by atoms with van der Waals surface area (Å²) in [6, 6.07) is 5.70. The standard InChI is InChI=1S/C10H13FO2/c1-10(2,12)7-13-9-5-3-8(11)4-6-9/h3-6,12H,7H2,1-2H3. The van der Waals surface area contributed by atoms with Crippen LogP contribution in [0.3, 0.4) is 0 Å². The minimum Gasteiger partial charge on any atom is -0.491 e. The van der Waals surface area contributed by atoms with Gasteiger partial charge in [-0.2, -0.15) is 0 Å². The van der Waals surface area contributed by atoms with E-state index in [1.165, 1.54) is 24.3 Å². The van der Waals surface area contributed by atoms with E-state index in [0.29, 0.717) is 5.75 Å². The van der Waals surface area contributed by atoms with E-state index < -0.39 is 5.60 Å². The molecule has 1 N–H and O–H groups in total. The van der Waals surface area contributed by atoms with Gasteiger partial charge in [0.2, 0.25) is 0 Å². The predicted octanol–water partition coefficient (Wildman–Crippen LogP) is 1.98. The van der Waals surface area contributed by atoms with Gasteiger partial charge in [0.05, 0.1) is 5.60 Å². The summed E-state index contributed by atoms with van der Waals surface area (Å²) in [5.41, 5.74) is -0.867. The molecule has 3 heteroatoms. The average Bonchev–Trinajstić information content (AvgIpc) is 2.02. The molecular formula is C10H13FO2. The van der Waals surface area contributed by atoms with E-state index in [-0.39, 0.29) is 12.4 Å². The monoisotopic (exact) mass is 184 g/mol. The minimum atomic E-state index is -0.867. The lowest BCUT2D eigenvalue weighted by atomic mass is 10.2. The third kappa shape index (κ3) is 3.90. The zero-order chi connectivity index (χ0) is 9.90. The number of rotatable bonds is 3. The molecule has 0 atom stereocenters. The van der Waals surface area contributed by atoms with Gasteiger partial charge in [0, 0.05) is 0 Å². The van der Waals surface area contributed by atoms with Gasteiger partial charge in [0.1, 0.15) is 18.2 Å². The molecule has 1 rings (SSSR count). The highest BCUT2D eigenvalue weighted by Crippen LogP contribution is 2.13. The van der Waals surface area contributed by atoms with Crippen molar-refractivity contribution in [3.8, 4) is 5.75 Å². The Morgan fingerprint density at radius 1 is 1.31 bits per heavy atom. The molecule has 0 amide bonds. The first-order valence-electron chi connectivity index (χ1n) is 4.08. The molecule has 1 aromatic carbocycles. The topological polar surface area (TPSA) is 29.5 Å². The van der Waals surface area contributed by atoms with Gasteiger partial charge in [-0.3, -0.25) is 0 Å². The van der Waals surface area contributed by atoms with Gasteiger partial charge in [-0.25, -0.2) is 4.39 Å². The summed E-state index contributed by atoms with van der Waals surface area (Å²) >= 11 is 0. The van der Waals surface area contributed by atoms with Crippen LogP contribution in [0.25, 0.3) is 0 Å². The van der Waals surface area contributed by atoms with Crippen LogP contribution < -0.4 is 4.74 Å². The highest BCUT2D eigenvalue weighted by Gasteiger charge is 2.12. The molecule has 0 unspecified atom stereocenters. The quantitative estimate of drug-likeness (QED) is 0.778. The molecule has 0 spiro atoms. The van der Waals surface area contributed by atoms with Crippen LogP contribution in [-0.4, -0.2) is 17.3 Å². The van der Waals surface area contributed by atoms with E-state index in [9.17, 15) is 9.50 Å². The number of aliphatic hydroxyl groups is 1. The van der Waals surface area contributed by atoms with E-state index in [4.69, 9.17) is 4.74 Å². The van der Waals surface area contributed by atoms with E-state index >= 15 is 0 Å². The molecule has 0 fully saturated rings. The van der Waals surface area contributed by atoms with Crippen LogP contribution in [-0.2, 0) is 0 Å². The van der Waals surface area contributed by atoms with Crippen LogP contribution in [0.4, 0.5) is 4.39 Å². The van der Waals surface area contributed by atoms with Crippen molar-refractivity contribution in [3.63, 3.8) is 0 Å². The number of benzene rings is 1. The Kier molecular flexibility index (Phi) is 2.88. The summed E-state index contributed by atoms with van der Waals surface area (Å²) in [5.74, 6) is 0.263. The molecule has 0 heterocycles. The maximum atomic E-state index is 12.5. The third-order valence-corrected chi connectivity index (χ3v) is 1.41. The number of hydrogen-bond donors (Lipinski definition) is 1. The smallest absolute Gasteiger partial charge is 0.123 e. The first-order chi connectivity index (χ1) is 5.97. The zero-order valence-electron chi connectivity index (χ0n) is 7.75. The lowest BCUT2D eigenvalue weighted by Gasteiger charge is -2.17. The van der Waals surface area contributed by atoms with E-state index in [1.807, 2.05) is 0 Å². The van der Waals surface area contributed by atoms with Crippen molar-refractivity contribution < 1.29 is 14.2 Å². The number of halogens is 1. The molecule has 0 bridgehead atoms. The highest BCUT2D eigenvalue weighted by atomic mass is 19.1. The molecule has 1 aromatic rings. The lowest BCUT2D eigenvalue weighted by Crippen LogP contribution is -2.27. The second-order valence-electron chi connectivity index (χ2n) is 3.56. The van der Waals surface area contributed by atoms with E-state index in [0.717, 1.165) is 0 Å². The Labute approximate surface area is 77.0 Å². The van der Waals surface area contributed by atoms with Crippen LogP contribution in [0.15, 0.2) is 24.3 Å². The third-order valence-electron chi connectivity index (χ3n) is 1.41. The summed E-state index contributed by atoms with van der Waals surface area (Å²) in [5, 5.41) is 9.33. The summed E-state index contributed by atoms with van der Waals surface area (Å²) in [6.07, 6.45) is 0. The molecule has 0 aliphatic carbocycles. The van der Waals surface area contributed by atoms with Gasteiger partial charge in [-0.15, -0.1) is 0 Å². The summed E-state index contributed by atoms with van der Waals surface area (Å²) in [7, 11) is 0. The Morgan fingerprint density at radius 2 is 1.85 bits per heavy atom. The van der Waals surface area contributed by atoms with Crippen LogP contribution in [0.2, 0.25) is 0 Å². The molecule has 0 saturated heterocycles. The number of ether oxygens (including phenoxy) is 1. The van der Waals surface area contributed by atoms with Crippen molar-refractivity contribution >= 4 is 0 Å². The lowest BCUT2D eigenvalue weighted by molar-refractivity contribution is 0.0285. The van der Waals surface area contributed by atoms with Gasteiger partial charge in [0.25, 0.3) is 0 Å². The Balaban J connectivity index is 2.51. The van der Waals surface area contributed by atoms with E-state index in [1.54, 1.807) is 13.8 Å². The second-order valence-corrected chi connectivity index (χ2v) is 3.56. The molecule has 72 valence electrons. The predicted molar refractivity (Wildman–Crippen MR) is 48.2 cm³/mol. The van der Waals surface area contributed by atoms with Gasteiger partial charge >= 0.3 is 0 Å². The van der Waals surface area contributed by atoms with Gasteiger partial charge in [-0.1, -0.05) is 0 Å². The van der Waals surface area contributed by atoms with E-state index in [2.05, 4.69) is 0 Å². The SMILES string of the molecule is CC(C)(O)COc1ccc(F)cc1. The summed E-state index contributed by atoms with van der Waals surface area (Å²) in [6.45, 7) is 3.49. The van der Waals surface area contributed by atoms with Crippen molar-refractivity contribution in [2.45, 2.75) is 19.4 Å². The van der Waals surface area contributed by atoms with Gasteiger partial charge in [0.15, 0.2) is 0 Å². The van der Waals surface area contributed by atoms with Crippen LogP contribution in [0, 0.1) is 5.82 Å². The van der Waals surface area contributed by atoms with Crippen molar-refractivity contribution in [1.82, 2.24) is 0 Å². The molecule has 2 nitrogen and oxygen atoms in total. The fourth-order valence-electron chi connectivity index (χ4n) is 0.791. The molecule has 0 radical (unpaired) electrons. The zero-order valence-corrected chi connectivity index (χ0v) is 7.75. The first-order valence-corrected chi connectivity index (χ1v) is 4.08. The Morgan fingerprint density at radius 3 is 2.31 bits per heavy atom. The average molecular weight is 184 g/mol. The van der Waals surface area contributed by atoms with Crippen LogP contribution in [0.1, 0.15) is 13.8 Å². The van der Waals surface area contributed by atoms with Crippen LogP contribution in [0.5, 0.6) is 5.75 Å². The normalized spacial score (nSPS) is 11.4. The molecule has 0 saturated carbocycles. The second kappa shape index (κ2) is 3.75. The maximum absolute atomic E-state index is 12.5. The molecular weight excluding hydrogens is 171 g/mol.